The molecule has 0 aliphatic carbocycles. The minimum Gasteiger partial charge on any atom is -0.388 e. The van der Waals surface area contributed by atoms with Crippen molar-refractivity contribution in [3.05, 3.63) is 12.2 Å². The molecule has 5 heteroatoms. The van der Waals surface area contributed by atoms with Gasteiger partial charge in [-0.2, -0.15) is 5.10 Å². The van der Waals surface area contributed by atoms with Gasteiger partial charge in [0.05, 0.1) is 0 Å². The molecule has 72 valence electrons. The van der Waals surface area contributed by atoms with Crippen LogP contribution in [0, 0.1) is 0 Å². The molecule has 2 heterocycles. The van der Waals surface area contributed by atoms with E-state index in [-0.39, 0.29) is 12.8 Å². The molecular formula is C8H13N3O2. The first-order valence-corrected chi connectivity index (χ1v) is 4.52. The van der Waals surface area contributed by atoms with Gasteiger partial charge in [0.2, 0.25) is 0 Å². The molecule has 0 aromatic carbocycles. The Balaban J connectivity index is 2.05. The molecular weight excluding hydrogens is 170 g/mol. The predicted molar refractivity (Wildman–Crippen MR) is 44.8 cm³/mol. The second-order valence-electron chi connectivity index (χ2n) is 3.12. The third-order valence-electron chi connectivity index (χ3n) is 2.15. The summed E-state index contributed by atoms with van der Waals surface area (Å²) >= 11 is 0. The van der Waals surface area contributed by atoms with Crippen LogP contribution < -0.4 is 0 Å². The second-order valence-corrected chi connectivity index (χ2v) is 3.12. The van der Waals surface area contributed by atoms with Crippen LogP contribution in [0.25, 0.3) is 0 Å². The Bertz CT molecular complexity index is 268. The zero-order chi connectivity index (χ0) is 9.10. The van der Waals surface area contributed by atoms with Gasteiger partial charge in [-0.15, -0.1) is 0 Å². The molecule has 2 rings (SSSR count). The molecule has 1 aliphatic rings. The minimum absolute atomic E-state index is 0.0153. The molecule has 1 fully saturated rings. The van der Waals surface area contributed by atoms with Gasteiger partial charge in [-0.05, 0) is 19.3 Å². The van der Waals surface area contributed by atoms with E-state index in [1.165, 1.54) is 6.42 Å². The highest BCUT2D eigenvalue weighted by Crippen LogP contribution is 2.20. The van der Waals surface area contributed by atoms with Crippen LogP contribution in [0.4, 0.5) is 0 Å². The number of nitrogens with zero attached hydrogens (tertiary/aromatic N) is 3. The number of ether oxygens (including phenoxy) is 1. The Morgan fingerprint density at radius 2 is 2.54 bits per heavy atom. The van der Waals surface area contributed by atoms with Gasteiger partial charge in [0.25, 0.3) is 0 Å². The summed E-state index contributed by atoms with van der Waals surface area (Å²) in [6.45, 7) is 0.679. The van der Waals surface area contributed by atoms with Crippen LogP contribution in [0.1, 0.15) is 31.3 Å². The van der Waals surface area contributed by atoms with E-state index in [4.69, 9.17) is 9.84 Å². The lowest BCUT2D eigenvalue weighted by atomic mass is 10.2. The number of aliphatic hydroxyl groups excluding tert-OH is 1. The zero-order valence-corrected chi connectivity index (χ0v) is 7.39. The van der Waals surface area contributed by atoms with Crippen molar-refractivity contribution >= 4 is 0 Å². The highest BCUT2D eigenvalue weighted by atomic mass is 16.5. The van der Waals surface area contributed by atoms with Gasteiger partial charge in [-0.1, -0.05) is 0 Å². The Morgan fingerprint density at radius 1 is 1.62 bits per heavy atom. The topological polar surface area (TPSA) is 60.2 Å². The summed E-state index contributed by atoms with van der Waals surface area (Å²) in [5, 5.41) is 12.9. The van der Waals surface area contributed by atoms with Crippen LogP contribution >= 0.6 is 0 Å². The summed E-state index contributed by atoms with van der Waals surface area (Å²) < 4.78 is 7.19. The van der Waals surface area contributed by atoms with E-state index in [0.717, 1.165) is 19.4 Å². The maximum Gasteiger partial charge on any atom is 0.176 e. The molecule has 1 aromatic rings. The third kappa shape index (κ3) is 1.87. The molecule has 1 atom stereocenters. The number of rotatable bonds is 2. The molecule has 0 saturated carbocycles. The van der Waals surface area contributed by atoms with Gasteiger partial charge in [-0.3, -0.25) is 0 Å². The highest BCUT2D eigenvalue weighted by Gasteiger charge is 2.16. The smallest absolute Gasteiger partial charge is 0.176 e. The Kier molecular flexibility index (Phi) is 2.56. The lowest BCUT2D eigenvalue weighted by molar-refractivity contribution is -0.0400. The van der Waals surface area contributed by atoms with E-state index < -0.39 is 0 Å². The van der Waals surface area contributed by atoms with Crippen LogP contribution in [0.15, 0.2) is 6.33 Å². The first-order valence-electron chi connectivity index (χ1n) is 4.52. The maximum atomic E-state index is 8.77. The molecule has 1 N–H and O–H groups in total. The quantitative estimate of drug-likeness (QED) is 0.724. The van der Waals surface area contributed by atoms with Crippen molar-refractivity contribution in [1.82, 2.24) is 14.8 Å². The summed E-state index contributed by atoms with van der Waals surface area (Å²) in [6.07, 6.45) is 4.90. The number of hydrogen-bond acceptors (Lipinski definition) is 4. The van der Waals surface area contributed by atoms with Crippen molar-refractivity contribution in [2.45, 2.75) is 32.1 Å². The summed E-state index contributed by atoms with van der Waals surface area (Å²) in [6, 6.07) is 0. The summed E-state index contributed by atoms with van der Waals surface area (Å²) in [7, 11) is 0. The molecule has 1 aliphatic heterocycles. The van der Waals surface area contributed by atoms with Crippen LogP contribution in [0.5, 0.6) is 0 Å². The van der Waals surface area contributed by atoms with E-state index in [1.807, 2.05) is 0 Å². The van der Waals surface area contributed by atoms with Gasteiger partial charge in [-0.25, -0.2) is 9.67 Å². The fourth-order valence-corrected chi connectivity index (χ4v) is 1.45. The molecule has 1 aromatic heterocycles. The molecule has 0 radical (unpaired) electrons. The Labute approximate surface area is 76.3 Å². The molecule has 1 saturated heterocycles. The van der Waals surface area contributed by atoms with Gasteiger partial charge in [0.1, 0.15) is 12.9 Å². The molecule has 1 unspecified atom stereocenters. The van der Waals surface area contributed by atoms with Crippen LogP contribution in [-0.2, 0) is 11.3 Å². The summed E-state index contributed by atoms with van der Waals surface area (Å²) in [5.74, 6) is 0.453. The van der Waals surface area contributed by atoms with Crippen molar-refractivity contribution in [2.75, 3.05) is 6.61 Å². The molecule has 5 nitrogen and oxygen atoms in total. The molecule has 0 spiro atoms. The SMILES string of the molecule is OCc1ncn(C2CCCCO2)n1. The Morgan fingerprint density at radius 3 is 3.15 bits per heavy atom. The third-order valence-corrected chi connectivity index (χ3v) is 2.15. The van der Waals surface area contributed by atoms with Crippen molar-refractivity contribution in [1.29, 1.82) is 0 Å². The van der Waals surface area contributed by atoms with Crippen molar-refractivity contribution in [3.8, 4) is 0 Å². The lowest BCUT2D eigenvalue weighted by Crippen LogP contribution is -2.18. The monoisotopic (exact) mass is 183 g/mol. The lowest BCUT2D eigenvalue weighted by Gasteiger charge is -2.21. The van der Waals surface area contributed by atoms with Crippen molar-refractivity contribution < 1.29 is 9.84 Å². The van der Waals surface area contributed by atoms with Gasteiger partial charge < -0.3 is 9.84 Å². The number of aliphatic hydroxyl groups is 1. The van der Waals surface area contributed by atoms with E-state index in [1.54, 1.807) is 11.0 Å². The average molecular weight is 183 g/mol. The van der Waals surface area contributed by atoms with Crippen LogP contribution in [-0.4, -0.2) is 26.5 Å². The highest BCUT2D eigenvalue weighted by molar-refractivity contribution is 4.79. The minimum atomic E-state index is -0.111. The van der Waals surface area contributed by atoms with Crippen LogP contribution in [0.2, 0.25) is 0 Å². The molecule has 0 amide bonds. The average Bonchev–Trinajstić information content (AvgIpc) is 2.67. The standard InChI is InChI=1S/C8H13N3O2/c12-5-7-9-6-11(10-7)8-3-1-2-4-13-8/h6,8,12H,1-5H2. The molecule has 0 bridgehead atoms. The van der Waals surface area contributed by atoms with E-state index in [9.17, 15) is 0 Å². The van der Waals surface area contributed by atoms with E-state index >= 15 is 0 Å². The van der Waals surface area contributed by atoms with Gasteiger partial charge in [0.15, 0.2) is 12.1 Å². The fourth-order valence-electron chi connectivity index (χ4n) is 1.45. The van der Waals surface area contributed by atoms with Crippen LogP contribution in [0.3, 0.4) is 0 Å². The molecule has 13 heavy (non-hydrogen) atoms. The maximum absolute atomic E-state index is 8.77. The van der Waals surface area contributed by atoms with E-state index in [0.29, 0.717) is 5.82 Å². The summed E-state index contributed by atoms with van der Waals surface area (Å²) in [4.78, 5) is 3.93. The number of hydrogen-bond donors (Lipinski definition) is 1. The van der Waals surface area contributed by atoms with Crippen molar-refractivity contribution in [2.24, 2.45) is 0 Å². The number of aromatic nitrogens is 3. The van der Waals surface area contributed by atoms with E-state index in [2.05, 4.69) is 10.1 Å². The Hall–Kier alpha value is -0.940. The predicted octanol–water partition coefficient (Wildman–Crippen LogP) is 0.470. The van der Waals surface area contributed by atoms with Gasteiger partial charge >= 0.3 is 0 Å². The fraction of sp³-hybridized carbons (Fsp3) is 0.750. The second kappa shape index (κ2) is 3.85. The van der Waals surface area contributed by atoms with Gasteiger partial charge in [0, 0.05) is 6.61 Å². The first kappa shape index (κ1) is 8.65. The van der Waals surface area contributed by atoms with Crippen molar-refractivity contribution in [3.63, 3.8) is 0 Å². The summed E-state index contributed by atoms with van der Waals surface area (Å²) in [5.41, 5.74) is 0. The largest absolute Gasteiger partial charge is 0.388 e. The zero-order valence-electron chi connectivity index (χ0n) is 7.39. The first-order chi connectivity index (χ1) is 6.40. The normalized spacial score (nSPS) is 23.3.